The Morgan fingerprint density at radius 1 is 0.536 bits per heavy atom. The fourth-order valence-electron chi connectivity index (χ4n) is 6.41. The van der Waals surface area contributed by atoms with E-state index in [0.717, 1.165) is 57.8 Å². The van der Waals surface area contributed by atoms with Gasteiger partial charge in [-0.3, -0.25) is 23.4 Å². The van der Waals surface area contributed by atoms with Gasteiger partial charge in [-0.2, -0.15) is 0 Å². The quantitative estimate of drug-likeness (QED) is 0.0231. The minimum atomic E-state index is -4.71. The molecule has 0 aromatic rings. The average Bonchev–Trinajstić information content (AvgIpc) is 3.17. The molecule has 0 aliphatic rings. The number of phosphoric ester groups is 1. The summed E-state index contributed by atoms with van der Waals surface area (Å²) in [5.41, 5.74) is 5.34. The van der Waals surface area contributed by atoms with Crippen molar-refractivity contribution in [1.29, 1.82) is 0 Å². The molecule has 1 unspecified atom stereocenters. The minimum absolute atomic E-state index is 0.165. The van der Waals surface area contributed by atoms with Crippen LogP contribution in [0.5, 0.6) is 0 Å². The summed E-state index contributed by atoms with van der Waals surface area (Å²) in [5.74, 6) is -2.37. The molecule has 56 heavy (non-hydrogen) atoms. The Hall–Kier alpha value is -1.78. The summed E-state index contributed by atoms with van der Waals surface area (Å²) in [4.78, 5) is 46.0. The second-order valence-electron chi connectivity index (χ2n) is 15.5. The number of carbonyl (C=O) groups is 3. The van der Waals surface area contributed by atoms with Crippen LogP contribution in [-0.2, 0) is 37.5 Å². The van der Waals surface area contributed by atoms with Crippen molar-refractivity contribution in [2.45, 2.75) is 231 Å². The van der Waals surface area contributed by atoms with Gasteiger partial charge in [0.2, 0.25) is 0 Å². The highest BCUT2D eigenvalue weighted by Gasteiger charge is 2.28. The van der Waals surface area contributed by atoms with Gasteiger partial charge in [-0.1, -0.05) is 180 Å². The fraction of sp³-hybridized carbons (Fsp3) is 0.886. The van der Waals surface area contributed by atoms with Gasteiger partial charge in [0.1, 0.15) is 12.6 Å². The van der Waals surface area contributed by atoms with Crippen LogP contribution in [0.4, 0.5) is 0 Å². The lowest BCUT2D eigenvalue weighted by molar-refractivity contribution is -0.161. The molecule has 0 fully saturated rings. The first-order chi connectivity index (χ1) is 27.1. The van der Waals surface area contributed by atoms with Crippen LogP contribution in [0, 0.1) is 0 Å². The zero-order chi connectivity index (χ0) is 41.4. The van der Waals surface area contributed by atoms with Gasteiger partial charge in [0, 0.05) is 12.8 Å². The molecule has 0 radical (unpaired) electrons. The summed E-state index contributed by atoms with van der Waals surface area (Å²) in [6, 6.07) is -1.52. The number of phosphoric acid groups is 1. The number of carboxylic acids is 1. The largest absolute Gasteiger partial charge is 0.480 e. The normalized spacial score (nSPS) is 13.8. The van der Waals surface area contributed by atoms with Gasteiger partial charge in [0.25, 0.3) is 0 Å². The highest BCUT2D eigenvalue weighted by molar-refractivity contribution is 7.47. The third kappa shape index (κ3) is 39.1. The predicted molar refractivity (Wildman–Crippen MR) is 226 cm³/mol. The monoisotopic (exact) mass is 818 g/mol. The summed E-state index contributed by atoms with van der Waals surface area (Å²) in [7, 11) is -4.71. The molecular formula is C44H84NO10P. The van der Waals surface area contributed by atoms with Crippen molar-refractivity contribution in [2.24, 2.45) is 5.73 Å². The Labute approximate surface area is 341 Å². The second-order valence-corrected chi connectivity index (χ2v) is 17.0. The zero-order valence-corrected chi connectivity index (χ0v) is 36.6. The number of nitrogens with two attached hydrogens (primary N) is 1. The van der Waals surface area contributed by atoms with E-state index in [1.807, 2.05) is 0 Å². The molecule has 0 aromatic heterocycles. The topological polar surface area (TPSA) is 172 Å². The molecule has 11 nitrogen and oxygen atoms in total. The van der Waals surface area contributed by atoms with E-state index in [2.05, 4.69) is 30.5 Å². The molecule has 0 aliphatic carbocycles. The van der Waals surface area contributed by atoms with Gasteiger partial charge >= 0.3 is 25.7 Å². The van der Waals surface area contributed by atoms with Crippen molar-refractivity contribution in [3.05, 3.63) is 12.2 Å². The molecule has 3 atom stereocenters. The number of allylic oxidation sites excluding steroid dienone is 2. The third-order valence-corrected chi connectivity index (χ3v) is 11.0. The molecule has 0 saturated heterocycles. The molecule has 0 spiro atoms. The third-order valence-electron chi connectivity index (χ3n) is 10.0. The molecular weight excluding hydrogens is 733 g/mol. The number of carbonyl (C=O) groups excluding carboxylic acids is 2. The molecule has 0 aromatic carbocycles. The Morgan fingerprint density at radius 3 is 1.30 bits per heavy atom. The van der Waals surface area contributed by atoms with Gasteiger partial charge in [-0.15, -0.1) is 0 Å². The van der Waals surface area contributed by atoms with E-state index in [-0.39, 0.29) is 19.4 Å². The standard InChI is InChI=1S/C44H84NO10P/c1-3-5-7-9-11-13-15-17-19-20-21-22-24-26-28-30-32-34-36-43(47)55-40(38-53-56(50,51)54-39-41(45)44(48)49)37-52-42(46)35-33-31-29-27-25-23-18-16-14-12-10-8-6-4-2/h16,18,40-41H,3-15,17,19-39,45H2,1-2H3,(H,48,49)(H,50,51)/b18-16-/t40-,41+/m1/s1. The molecule has 0 heterocycles. The maximum absolute atomic E-state index is 12.6. The number of hydrogen-bond acceptors (Lipinski definition) is 9. The van der Waals surface area contributed by atoms with E-state index in [1.54, 1.807) is 0 Å². The van der Waals surface area contributed by atoms with Gasteiger partial charge in [-0.05, 0) is 38.5 Å². The van der Waals surface area contributed by atoms with Gasteiger partial charge in [0.15, 0.2) is 6.10 Å². The fourth-order valence-corrected chi connectivity index (χ4v) is 7.19. The van der Waals surface area contributed by atoms with Gasteiger partial charge in [0.05, 0.1) is 13.2 Å². The van der Waals surface area contributed by atoms with Gasteiger partial charge < -0.3 is 25.2 Å². The first-order valence-electron chi connectivity index (χ1n) is 22.7. The smallest absolute Gasteiger partial charge is 0.472 e. The molecule has 4 N–H and O–H groups in total. The van der Waals surface area contributed by atoms with Crippen molar-refractivity contribution in [3.63, 3.8) is 0 Å². The second kappa shape index (κ2) is 40.0. The maximum atomic E-state index is 12.6. The lowest BCUT2D eigenvalue weighted by atomic mass is 10.0. The van der Waals surface area contributed by atoms with E-state index in [9.17, 15) is 23.8 Å². The lowest BCUT2D eigenvalue weighted by Crippen LogP contribution is -2.34. The maximum Gasteiger partial charge on any atom is 0.472 e. The van der Waals surface area contributed by atoms with E-state index in [0.29, 0.717) is 12.8 Å². The van der Waals surface area contributed by atoms with Crippen molar-refractivity contribution in [3.8, 4) is 0 Å². The summed E-state index contributed by atoms with van der Waals surface area (Å²) < 4.78 is 32.7. The lowest BCUT2D eigenvalue weighted by Gasteiger charge is -2.20. The number of ether oxygens (including phenoxy) is 2. The Balaban J connectivity index is 4.30. The summed E-state index contributed by atoms with van der Waals surface area (Å²) in [6.45, 7) is 2.81. The van der Waals surface area contributed by atoms with E-state index in [4.69, 9.17) is 24.8 Å². The highest BCUT2D eigenvalue weighted by Crippen LogP contribution is 2.43. The van der Waals surface area contributed by atoms with E-state index >= 15 is 0 Å². The molecule has 0 rings (SSSR count). The van der Waals surface area contributed by atoms with Crippen LogP contribution >= 0.6 is 7.82 Å². The van der Waals surface area contributed by atoms with Gasteiger partial charge in [-0.25, -0.2) is 4.57 Å². The molecule has 0 aliphatic heterocycles. The number of carboxylic acid groups (broad SMARTS) is 1. The molecule has 0 amide bonds. The first-order valence-corrected chi connectivity index (χ1v) is 24.2. The molecule has 0 bridgehead atoms. The average molecular weight is 818 g/mol. The number of hydrogen-bond donors (Lipinski definition) is 3. The van der Waals surface area contributed by atoms with Crippen molar-refractivity contribution >= 4 is 25.7 Å². The zero-order valence-electron chi connectivity index (χ0n) is 35.7. The Morgan fingerprint density at radius 2 is 0.893 bits per heavy atom. The SMILES string of the molecule is CCCCCCC/C=C\CCCCCCCC(=O)OC[C@H](COP(=O)(O)OC[C@H](N)C(=O)O)OC(=O)CCCCCCCCCCCCCCCCCCCC. The molecule has 12 heteroatoms. The van der Waals surface area contributed by atoms with Crippen molar-refractivity contribution in [2.75, 3.05) is 19.8 Å². The van der Waals surface area contributed by atoms with Crippen LogP contribution in [0.3, 0.4) is 0 Å². The van der Waals surface area contributed by atoms with Crippen molar-refractivity contribution in [1.82, 2.24) is 0 Å². The van der Waals surface area contributed by atoms with Crippen LogP contribution in [0.1, 0.15) is 219 Å². The van der Waals surface area contributed by atoms with Crippen LogP contribution in [0.2, 0.25) is 0 Å². The van der Waals surface area contributed by atoms with E-state index in [1.165, 1.54) is 122 Å². The first kappa shape index (κ1) is 54.2. The number of esters is 2. The number of aliphatic carboxylic acids is 1. The molecule has 0 saturated carbocycles. The van der Waals surface area contributed by atoms with Crippen LogP contribution in [-0.4, -0.2) is 59.9 Å². The summed E-state index contributed by atoms with van der Waals surface area (Å²) in [5, 5.41) is 8.89. The van der Waals surface area contributed by atoms with E-state index < -0.39 is 51.1 Å². The summed E-state index contributed by atoms with van der Waals surface area (Å²) >= 11 is 0. The van der Waals surface area contributed by atoms with Crippen LogP contribution < -0.4 is 5.73 Å². The van der Waals surface area contributed by atoms with Crippen molar-refractivity contribution < 1.29 is 47.5 Å². The predicted octanol–water partition coefficient (Wildman–Crippen LogP) is 12.1. The molecule has 330 valence electrons. The number of unbranched alkanes of at least 4 members (excludes halogenated alkanes) is 27. The van der Waals surface area contributed by atoms with Crippen LogP contribution in [0.25, 0.3) is 0 Å². The Kier molecular flexibility index (Phi) is 38.7. The number of rotatable bonds is 43. The Bertz CT molecular complexity index is 1010. The minimum Gasteiger partial charge on any atom is -0.480 e. The summed E-state index contributed by atoms with van der Waals surface area (Å²) in [6.07, 6.45) is 39.9. The van der Waals surface area contributed by atoms with Crippen LogP contribution in [0.15, 0.2) is 12.2 Å². The highest BCUT2D eigenvalue weighted by atomic mass is 31.2.